The number of hydrogen-bond donors (Lipinski definition) is 2. The van der Waals surface area contributed by atoms with E-state index in [9.17, 15) is 14.0 Å². The van der Waals surface area contributed by atoms with Gasteiger partial charge >= 0.3 is 0 Å². The smallest absolute Gasteiger partial charge is 0.224 e. The summed E-state index contributed by atoms with van der Waals surface area (Å²) >= 11 is 0. The van der Waals surface area contributed by atoms with Crippen LogP contribution in [0.4, 0.5) is 10.1 Å². The standard InChI is InChI=1S/C30H40FN3O2/c1-2-28(35)33-27-8-5-7-24(21-27)23-13-19-34(20-14-23)18-6-17-32-29(36)22-30(15-3-4-16-30)25-9-11-26(31)12-10-25/h5,7-12,21,23H,2-4,6,13-20,22H2,1H3,(H,32,36)(H,33,35). The van der Waals surface area contributed by atoms with Crippen LogP contribution >= 0.6 is 0 Å². The molecule has 4 rings (SSSR count). The fourth-order valence-corrected chi connectivity index (χ4v) is 5.93. The number of nitrogens with zero attached hydrogens (tertiary/aromatic N) is 1. The highest BCUT2D eigenvalue weighted by Gasteiger charge is 2.37. The van der Waals surface area contributed by atoms with Gasteiger partial charge in [-0.2, -0.15) is 0 Å². The SMILES string of the molecule is CCC(=O)Nc1cccc(C2CCN(CCCNC(=O)CC3(c4ccc(F)cc4)CCCC3)CC2)c1. The Labute approximate surface area is 214 Å². The van der Waals surface area contributed by atoms with E-state index in [1.165, 1.54) is 17.7 Å². The molecule has 2 aromatic carbocycles. The lowest BCUT2D eigenvalue weighted by Crippen LogP contribution is -2.37. The lowest BCUT2D eigenvalue weighted by Gasteiger charge is -2.32. The van der Waals surface area contributed by atoms with Crippen LogP contribution in [0, 0.1) is 5.82 Å². The Morgan fingerprint density at radius 2 is 1.75 bits per heavy atom. The molecule has 1 aliphatic heterocycles. The number of piperidine rings is 1. The van der Waals surface area contributed by atoms with Gasteiger partial charge in [-0.15, -0.1) is 0 Å². The maximum atomic E-state index is 13.4. The van der Waals surface area contributed by atoms with Gasteiger partial charge in [-0.1, -0.05) is 44.0 Å². The molecule has 0 unspecified atom stereocenters. The molecule has 2 aromatic rings. The number of amides is 2. The first-order chi connectivity index (χ1) is 17.5. The van der Waals surface area contributed by atoms with Gasteiger partial charge in [0, 0.05) is 30.5 Å². The molecular weight excluding hydrogens is 453 g/mol. The fourth-order valence-electron chi connectivity index (χ4n) is 5.93. The van der Waals surface area contributed by atoms with Gasteiger partial charge in [-0.05, 0) is 93.0 Å². The summed E-state index contributed by atoms with van der Waals surface area (Å²) in [6, 6.07) is 15.0. The minimum absolute atomic E-state index is 0.0444. The minimum atomic E-state index is -0.227. The molecular formula is C30H40FN3O2. The van der Waals surface area contributed by atoms with Crippen LogP contribution in [0.5, 0.6) is 0 Å². The average Bonchev–Trinajstić information content (AvgIpc) is 3.37. The largest absolute Gasteiger partial charge is 0.356 e. The molecule has 194 valence electrons. The summed E-state index contributed by atoms with van der Waals surface area (Å²) < 4.78 is 13.4. The van der Waals surface area contributed by atoms with E-state index >= 15 is 0 Å². The van der Waals surface area contributed by atoms with E-state index in [0.29, 0.717) is 25.3 Å². The zero-order valence-corrected chi connectivity index (χ0v) is 21.5. The Hall–Kier alpha value is -2.73. The predicted octanol–water partition coefficient (Wildman–Crippen LogP) is 5.76. The Morgan fingerprint density at radius 3 is 2.44 bits per heavy atom. The van der Waals surface area contributed by atoms with Gasteiger partial charge in [-0.25, -0.2) is 4.39 Å². The maximum absolute atomic E-state index is 13.4. The first-order valence-corrected chi connectivity index (χ1v) is 13.6. The Bertz CT molecular complexity index is 1010. The number of halogens is 1. The molecule has 0 radical (unpaired) electrons. The van der Waals surface area contributed by atoms with Gasteiger partial charge in [0.05, 0.1) is 0 Å². The van der Waals surface area contributed by atoms with Crippen LogP contribution in [0.15, 0.2) is 48.5 Å². The third-order valence-corrected chi connectivity index (χ3v) is 8.04. The molecule has 2 amide bonds. The second-order valence-corrected chi connectivity index (χ2v) is 10.5. The van der Waals surface area contributed by atoms with Crippen molar-refractivity contribution >= 4 is 17.5 Å². The van der Waals surface area contributed by atoms with E-state index in [4.69, 9.17) is 0 Å². The molecule has 0 aromatic heterocycles. The monoisotopic (exact) mass is 493 g/mol. The zero-order valence-electron chi connectivity index (χ0n) is 21.5. The molecule has 0 spiro atoms. The highest BCUT2D eigenvalue weighted by molar-refractivity contribution is 5.90. The molecule has 1 aliphatic carbocycles. The van der Waals surface area contributed by atoms with Crippen LogP contribution in [0.2, 0.25) is 0 Å². The van der Waals surface area contributed by atoms with Crippen LogP contribution in [0.1, 0.15) is 81.8 Å². The van der Waals surface area contributed by atoms with Crippen molar-refractivity contribution in [3.63, 3.8) is 0 Å². The van der Waals surface area contributed by atoms with Gasteiger partial charge in [0.15, 0.2) is 0 Å². The quantitative estimate of drug-likeness (QED) is 0.414. The van der Waals surface area contributed by atoms with Crippen molar-refractivity contribution in [1.29, 1.82) is 0 Å². The number of anilines is 1. The first-order valence-electron chi connectivity index (χ1n) is 13.6. The van der Waals surface area contributed by atoms with Crippen molar-refractivity contribution in [3.8, 4) is 0 Å². The molecule has 1 heterocycles. The fraction of sp³-hybridized carbons (Fsp3) is 0.533. The Morgan fingerprint density at radius 1 is 1.03 bits per heavy atom. The van der Waals surface area contributed by atoms with E-state index in [0.717, 1.165) is 75.8 Å². The summed E-state index contributed by atoms with van der Waals surface area (Å²) in [6.07, 6.45) is 8.37. The second-order valence-electron chi connectivity index (χ2n) is 10.5. The summed E-state index contributed by atoms with van der Waals surface area (Å²) in [7, 11) is 0. The number of carbonyl (C=O) groups is 2. The van der Waals surface area contributed by atoms with Gasteiger partial charge in [0.2, 0.25) is 11.8 Å². The normalized spacial score (nSPS) is 18.2. The van der Waals surface area contributed by atoms with Crippen LogP contribution in [-0.4, -0.2) is 42.9 Å². The molecule has 36 heavy (non-hydrogen) atoms. The van der Waals surface area contributed by atoms with Crippen LogP contribution in [0.3, 0.4) is 0 Å². The molecule has 1 saturated carbocycles. The highest BCUT2D eigenvalue weighted by atomic mass is 19.1. The maximum Gasteiger partial charge on any atom is 0.224 e. The number of benzene rings is 2. The van der Waals surface area contributed by atoms with Gasteiger partial charge in [0.1, 0.15) is 5.82 Å². The molecule has 2 fully saturated rings. The first kappa shape index (κ1) is 26.3. The topological polar surface area (TPSA) is 61.4 Å². The van der Waals surface area contributed by atoms with Crippen molar-refractivity contribution in [2.45, 2.75) is 76.0 Å². The van der Waals surface area contributed by atoms with Crippen molar-refractivity contribution in [2.75, 3.05) is 31.5 Å². The van der Waals surface area contributed by atoms with Crippen molar-refractivity contribution in [3.05, 3.63) is 65.5 Å². The lowest BCUT2D eigenvalue weighted by molar-refractivity contribution is -0.122. The number of hydrogen-bond acceptors (Lipinski definition) is 3. The van der Waals surface area contributed by atoms with E-state index in [1.54, 1.807) is 0 Å². The average molecular weight is 494 g/mol. The molecule has 0 atom stereocenters. The number of likely N-dealkylation sites (tertiary alicyclic amines) is 1. The Balaban J connectivity index is 1.17. The molecule has 1 saturated heterocycles. The highest BCUT2D eigenvalue weighted by Crippen LogP contribution is 2.43. The molecule has 2 N–H and O–H groups in total. The lowest BCUT2D eigenvalue weighted by atomic mass is 9.76. The molecule has 2 aliphatic rings. The minimum Gasteiger partial charge on any atom is -0.356 e. The summed E-state index contributed by atoms with van der Waals surface area (Å²) in [5, 5.41) is 6.10. The van der Waals surface area contributed by atoms with Gasteiger partial charge in [-0.3, -0.25) is 9.59 Å². The third-order valence-electron chi connectivity index (χ3n) is 8.04. The van der Waals surface area contributed by atoms with Gasteiger partial charge < -0.3 is 15.5 Å². The van der Waals surface area contributed by atoms with Crippen LogP contribution in [0.25, 0.3) is 0 Å². The van der Waals surface area contributed by atoms with Crippen LogP contribution in [-0.2, 0) is 15.0 Å². The molecule has 6 heteroatoms. The summed E-state index contributed by atoms with van der Waals surface area (Å²) in [5.74, 6) is 0.445. The van der Waals surface area contributed by atoms with E-state index in [-0.39, 0.29) is 23.0 Å². The van der Waals surface area contributed by atoms with E-state index in [2.05, 4.69) is 27.7 Å². The van der Waals surface area contributed by atoms with Crippen LogP contribution < -0.4 is 10.6 Å². The number of carbonyl (C=O) groups excluding carboxylic acids is 2. The number of rotatable bonds is 10. The van der Waals surface area contributed by atoms with E-state index in [1.807, 2.05) is 31.2 Å². The molecule has 0 bridgehead atoms. The second kappa shape index (κ2) is 12.5. The Kier molecular flexibility index (Phi) is 9.13. The zero-order chi connectivity index (χ0) is 25.4. The van der Waals surface area contributed by atoms with E-state index < -0.39 is 0 Å². The third kappa shape index (κ3) is 6.94. The molecule has 5 nitrogen and oxygen atoms in total. The predicted molar refractivity (Wildman–Crippen MR) is 143 cm³/mol. The summed E-state index contributed by atoms with van der Waals surface area (Å²) in [4.78, 5) is 27.0. The number of nitrogens with one attached hydrogen (secondary N) is 2. The van der Waals surface area contributed by atoms with Crippen molar-refractivity contribution in [1.82, 2.24) is 10.2 Å². The van der Waals surface area contributed by atoms with Gasteiger partial charge in [0.25, 0.3) is 0 Å². The summed E-state index contributed by atoms with van der Waals surface area (Å²) in [6.45, 7) is 5.65. The van der Waals surface area contributed by atoms with Crippen molar-refractivity contribution in [2.24, 2.45) is 0 Å². The van der Waals surface area contributed by atoms with Crippen molar-refractivity contribution < 1.29 is 14.0 Å². The summed E-state index contributed by atoms with van der Waals surface area (Å²) in [5.41, 5.74) is 3.14.